The van der Waals surface area contributed by atoms with Gasteiger partial charge in [0.25, 0.3) is 5.91 Å². The van der Waals surface area contributed by atoms with Crippen molar-refractivity contribution in [3.63, 3.8) is 0 Å². The van der Waals surface area contributed by atoms with Gasteiger partial charge in [-0.2, -0.15) is 5.26 Å². The number of anilines is 1. The van der Waals surface area contributed by atoms with Gasteiger partial charge in [0.2, 0.25) is 0 Å². The second-order valence-corrected chi connectivity index (χ2v) is 8.59. The summed E-state index contributed by atoms with van der Waals surface area (Å²) in [7, 11) is 0. The monoisotopic (exact) mass is 562 g/mol. The molecule has 3 rings (SSSR count). The SMILES string of the molecule is CCOc1cc(/C=C(\C#N)C(=O)Nc2ccc(Cl)c(Cl)c2)c(Br)cc1OCc1ccc(F)cc1. The summed E-state index contributed by atoms with van der Waals surface area (Å²) < 4.78 is 25.3. The predicted molar refractivity (Wildman–Crippen MR) is 135 cm³/mol. The molecule has 5 nitrogen and oxygen atoms in total. The summed E-state index contributed by atoms with van der Waals surface area (Å²) in [6.45, 7) is 2.41. The van der Waals surface area contributed by atoms with Gasteiger partial charge in [-0.1, -0.05) is 51.3 Å². The van der Waals surface area contributed by atoms with Crippen LogP contribution in [0.2, 0.25) is 10.0 Å². The van der Waals surface area contributed by atoms with Crippen molar-refractivity contribution in [2.45, 2.75) is 13.5 Å². The van der Waals surface area contributed by atoms with Crippen molar-refractivity contribution in [2.24, 2.45) is 0 Å². The van der Waals surface area contributed by atoms with E-state index in [1.54, 1.807) is 36.4 Å². The smallest absolute Gasteiger partial charge is 0.266 e. The summed E-state index contributed by atoms with van der Waals surface area (Å²) in [5.41, 5.74) is 1.60. The molecule has 3 aromatic rings. The first-order valence-corrected chi connectivity index (χ1v) is 11.6. The van der Waals surface area contributed by atoms with E-state index in [-0.39, 0.29) is 23.0 Å². The van der Waals surface area contributed by atoms with Crippen LogP contribution in [-0.2, 0) is 11.4 Å². The molecule has 0 fully saturated rings. The second kappa shape index (κ2) is 11.9. The van der Waals surface area contributed by atoms with Crippen LogP contribution in [0.5, 0.6) is 11.5 Å². The number of rotatable bonds is 8. The molecule has 0 unspecified atom stereocenters. The molecule has 0 aliphatic heterocycles. The molecule has 9 heteroatoms. The number of carbonyl (C=O) groups excluding carboxylic acids is 1. The van der Waals surface area contributed by atoms with Gasteiger partial charge in [-0.3, -0.25) is 4.79 Å². The normalized spacial score (nSPS) is 11.0. The molecular formula is C25H18BrCl2FN2O3. The molecule has 0 radical (unpaired) electrons. The molecule has 1 amide bonds. The number of nitriles is 1. The highest BCUT2D eigenvalue weighted by molar-refractivity contribution is 9.10. The van der Waals surface area contributed by atoms with Crippen LogP contribution in [-0.4, -0.2) is 12.5 Å². The van der Waals surface area contributed by atoms with Gasteiger partial charge in [0.1, 0.15) is 24.1 Å². The maximum Gasteiger partial charge on any atom is 0.266 e. The molecule has 1 N–H and O–H groups in total. The third-order valence-corrected chi connectivity index (χ3v) is 5.94. The first-order chi connectivity index (χ1) is 16.3. The van der Waals surface area contributed by atoms with Crippen molar-refractivity contribution in [3.8, 4) is 17.6 Å². The molecular weight excluding hydrogens is 546 g/mol. The van der Waals surface area contributed by atoms with Gasteiger partial charge >= 0.3 is 0 Å². The van der Waals surface area contributed by atoms with Gasteiger partial charge in [0.15, 0.2) is 11.5 Å². The number of nitrogens with one attached hydrogen (secondary N) is 1. The van der Waals surface area contributed by atoms with Crippen molar-refractivity contribution in [1.82, 2.24) is 0 Å². The predicted octanol–water partition coefficient (Wildman–Crippen LogP) is 7.42. The van der Waals surface area contributed by atoms with Gasteiger partial charge in [0.05, 0.1) is 16.7 Å². The molecule has 0 aliphatic rings. The third kappa shape index (κ3) is 6.73. The topological polar surface area (TPSA) is 71.3 Å². The lowest BCUT2D eigenvalue weighted by atomic mass is 10.1. The molecule has 0 spiro atoms. The summed E-state index contributed by atoms with van der Waals surface area (Å²) >= 11 is 15.3. The van der Waals surface area contributed by atoms with E-state index in [0.29, 0.717) is 38.9 Å². The maximum atomic E-state index is 13.1. The number of carbonyl (C=O) groups is 1. The van der Waals surface area contributed by atoms with Gasteiger partial charge < -0.3 is 14.8 Å². The van der Waals surface area contributed by atoms with Crippen LogP contribution in [0.25, 0.3) is 6.08 Å². The van der Waals surface area contributed by atoms with Gasteiger partial charge in [0, 0.05) is 10.2 Å². The Labute approximate surface area is 214 Å². The number of benzene rings is 3. The fraction of sp³-hybridized carbons (Fsp3) is 0.120. The van der Waals surface area contributed by atoms with Crippen LogP contribution < -0.4 is 14.8 Å². The van der Waals surface area contributed by atoms with E-state index in [9.17, 15) is 14.4 Å². The summed E-state index contributed by atoms with van der Waals surface area (Å²) in [6, 6.07) is 15.9. The van der Waals surface area contributed by atoms with Crippen LogP contribution in [0, 0.1) is 17.1 Å². The standard InChI is InChI=1S/C25H18BrCl2FN2O3/c1-2-33-23-10-16(20(26)12-24(23)34-14-15-3-5-18(29)6-4-15)9-17(13-30)25(32)31-19-7-8-21(27)22(28)11-19/h3-12H,2,14H2,1H3,(H,31,32)/b17-9+. The van der Waals surface area contributed by atoms with Crippen molar-refractivity contribution in [1.29, 1.82) is 5.26 Å². The highest BCUT2D eigenvalue weighted by Crippen LogP contribution is 2.35. The highest BCUT2D eigenvalue weighted by atomic mass is 79.9. The Morgan fingerprint density at radius 3 is 2.44 bits per heavy atom. The first kappa shape index (κ1) is 25.6. The number of nitrogens with zero attached hydrogens (tertiary/aromatic N) is 1. The largest absolute Gasteiger partial charge is 0.490 e. The number of halogens is 4. The van der Waals surface area contributed by atoms with E-state index >= 15 is 0 Å². The second-order valence-electron chi connectivity index (χ2n) is 6.92. The molecule has 0 bridgehead atoms. The summed E-state index contributed by atoms with van der Waals surface area (Å²) in [6.07, 6.45) is 1.43. The molecule has 0 aromatic heterocycles. The Balaban J connectivity index is 1.84. The number of ether oxygens (including phenoxy) is 2. The van der Waals surface area contributed by atoms with Gasteiger partial charge in [-0.05, 0) is 66.6 Å². The van der Waals surface area contributed by atoms with E-state index < -0.39 is 5.91 Å². The van der Waals surface area contributed by atoms with Crippen molar-refractivity contribution in [2.75, 3.05) is 11.9 Å². The van der Waals surface area contributed by atoms with E-state index in [2.05, 4.69) is 21.2 Å². The lowest BCUT2D eigenvalue weighted by Crippen LogP contribution is -2.13. The third-order valence-electron chi connectivity index (χ3n) is 4.51. The van der Waals surface area contributed by atoms with Crippen LogP contribution in [0.1, 0.15) is 18.1 Å². The molecule has 0 saturated carbocycles. The Morgan fingerprint density at radius 2 is 1.79 bits per heavy atom. The molecule has 0 heterocycles. The molecule has 0 aliphatic carbocycles. The quantitative estimate of drug-likeness (QED) is 0.229. The van der Waals surface area contributed by atoms with E-state index in [1.165, 1.54) is 24.3 Å². The van der Waals surface area contributed by atoms with Crippen molar-refractivity contribution in [3.05, 3.63) is 91.6 Å². The fourth-order valence-electron chi connectivity index (χ4n) is 2.86. The zero-order valence-electron chi connectivity index (χ0n) is 17.9. The minimum Gasteiger partial charge on any atom is -0.490 e. The highest BCUT2D eigenvalue weighted by Gasteiger charge is 2.15. The van der Waals surface area contributed by atoms with Crippen molar-refractivity contribution < 1.29 is 18.7 Å². The van der Waals surface area contributed by atoms with Gasteiger partial charge in [-0.25, -0.2) is 4.39 Å². The number of hydrogen-bond acceptors (Lipinski definition) is 4. The lowest BCUT2D eigenvalue weighted by molar-refractivity contribution is -0.112. The van der Waals surface area contributed by atoms with Crippen LogP contribution in [0.15, 0.2) is 64.6 Å². The minimum atomic E-state index is -0.609. The average Bonchev–Trinajstić information content (AvgIpc) is 2.81. The van der Waals surface area contributed by atoms with E-state index in [1.807, 2.05) is 13.0 Å². The fourth-order valence-corrected chi connectivity index (χ4v) is 3.60. The molecule has 0 atom stereocenters. The minimum absolute atomic E-state index is 0.130. The Bertz CT molecular complexity index is 1270. The zero-order valence-corrected chi connectivity index (χ0v) is 21.0. The summed E-state index contributed by atoms with van der Waals surface area (Å²) in [5.74, 6) is -0.0493. The van der Waals surface area contributed by atoms with Crippen LogP contribution in [0.3, 0.4) is 0 Å². The Hall–Kier alpha value is -3.05. The van der Waals surface area contributed by atoms with Gasteiger partial charge in [-0.15, -0.1) is 0 Å². The maximum absolute atomic E-state index is 13.1. The Morgan fingerprint density at radius 1 is 1.09 bits per heavy atom. The lowest BCUT2D eigenvalue weighted by Gasteiger charge is -2.14. The Kier molecular flexibility index (Phi) is 8.94. The number of amides is 1. The summed E-state index contributed by atoms with van der Waals surface area (Å²) in [5, 5.41) is 12.8. The van der Waals surface area contributed by atoms with Crippen LogP contribution >= 0.6 is 39.1 Å². The van der Waals surface area contributed by atoms with Crippen molar-refractivity contribution >= 4 is 56.8 Å². The van der Waals surface area contributed by atoms with Crippen LogP contribution in [0.4, 0.5) is 10.1 Å². The molecule has 174 valence electrons. The average molecular weight is 564 g/mol. The number of hydrogen-bond donors (Lipinski definition) is 1. The molecule has 0 saturated heterocycles. The zero-order chi connectivity index (χ0) is 24.7. The molecule has 3 aromatic carbocycles. The molecule has 34 heavy (non-hydrogen) atoms. The first-order valence-electron chi connectivity index (χ1n) is 10.0. The summed E-state index contributed by atoms with van der Waals surface area (Å²) in [4.78, 5) is 12.6. The van der Waals surface area contributed by atoms with E-state index in [4.69, 9.17) is 32.7 Å². The van der Waals surface area contributed by atoms with E-state index in [0.717, 1.165) is 5.56 Å².